The average Bonchev–Trinajstić information content (AvgIpc) is 3.48. The van der Waals surface area contributed by atoms with Crippen LogP contribution >= 0.6 is 0 Å². The van der Waals surface area contributed by atoms with Crippen molar-refractivity contribution in [3.63, 3.8) is 0 Å². The summed E-state index contributed by atoms with van der Waals surface area (Å²) in [7, 11) is 3.53. The molecule has 1 amide bonds. The van der Waals surface area contributed by atoms with Gasteiger partial charge in [-0.25, -0.2) is 0 Å². The van der Waals surface area contributed by atoms with Gasteiger partial charge in [0.2, 0.25) is 5.91 Å². The van der Waals surface area contributed by atoms with Gasteiger partial charge in [0.25, 0.3) is 0 Å². The normalized spacial score (nSPS) is 23.5. The summed E-state index contributed by atoms with van der Waals surface area (Å²) in [5.74, 6) is 2.14. The maximum absolute atomic E-state index is 11.5. The highest BCUT2D eigenvalue weighted by Crippen LogP contribution is 2.41. The quantitative estimate of drug-likeness (QED) is 0.518. The molecule has 6 heteroatoms. The lowest BCUT2D eigenvalue weighted by Crippen LogP contribution is -2.50. The van der Waals surface area contributed by atoms with E-state index in [0.717, 1.165) is 38.3 Å². The Hall–Kier alpha value is -2.08. The molecule has 6 nitrogen and oxygen atoms in total. The van der Waals surface area contributed by atoms with Gasteiger partial charge in [0.1, 0.15) is 0 Å². The van der Waals surface area contributed by atoms with Crippen LogP contribution in [0.2, 0.25) is 0 Å². The van der Waals surface area contributed by atoms with Gasteiger partial charge < -0.3 is 16.0 Å². The molecule has 0 bridgehead atoms. The van der Waals surface area contributed by atoms with Crippen LogP contribution in [0, 0.1) is 0 Å². The van der Waals surface area contributed by atoms with Gasteiger partial charge in [-0.1, -0.05) is 38.1 Å². The van der Waals surface area contributed by atoms with E-state index < -0.39 is 0 Å². The molecule has 2 aliphatic rings. The minimum Gasteiger partial charge on any atom is -0.358 e. The van der Waals surface area contributed by atoms with E-state index in [0.29, 0.717) is 30.5 Å². The number of aliphatic imine (C=N–C) groups is 1. The molecule has 1 saturated carbocycles. The molecule has 1 aliphatic heterocycles. The Morgan fingerprint density at radius 1 is 1.18 bits per heavy atom. The molecule has 3 N–H and O–H groups in total. The Morgan fingerprint density at radius 3 is 2.43 bits per heavy atom. The van der Waals surface area contributed by atoms with E-state index in [-0.39, 0.29) is 5.91 Å². The van der Waals surface area contributed by atoms with Gasteiger partial charge >= 0.3 is 0 Å². The lowest BCUT2D eigenvalue weighted by atomic mass is 10.0. The Balaban J connectivity index is 1.43. The Labute approximate surface area is 169 Å². The predicted molar refractivity (Wildman–Crippen MR) is 115 cm³/mol. The third-order valence-corrected chi connectivity index (χ3v) is 5.94. The number of carbonyl (C=O) groups is 1. The number of likely N-dealkylation sites (tertiary alicyclic amines) is 1. The second-order valence-electron chi connectivity index (χ2n) is 8.35. The van der Waals surface area contributed by atoms with Crippen molar-refractivity contribution in [2.75, 3.05) is 33.7 Å². The number of benzene rings is 1. The maximum Gasteiger partial charge on any atom is 0.233 e. The molecule has 0 aromatic heterocycles. The number of guanidine groups is 1. The van der Waals surface area contributed by atoms with Crippen molar-refractivity contribution in [1.82, 2.24) is 20.9 Å². The molecular formula is C22H35N5O. The summed E-state index contributed by atoms with van der Waals surface area (Å²) >= 11 is 0. The molecule has 0 radical (unpaired) electrons. The first-order valence-corrected chi connectivity index (χ1v) is 10.5. The van der Waals surface area contributed by atoms with Crippen molar-refractivity contribution in [1.29, 1.82) is 0 Å². The van der Waals surface area contributed by atoms with Crippen LogP contribution in [0.3, 0.4) is 0 Å². The van der Waals surface area contributed by atoms with Gasteiger partial charge in [0, 0.05) is 45.2 Å². The number of amides is 1. The van der Waals surface area contributed by atoms with E-state index >= 15 is 0 Å². The molecular weight excluding hydrogens is 350 g/mol. The predicted octanol–water partition coefficient (Wildman–Crippen LogP) is 2.04. The van der Waals surface area contributed by atoms with Gasteiger partial charge in [-0.3, -0.25) is 14.7 Å². The van der Waals surface area contributed by atoms with Gasteiger partial charge in [-0.15, -0.1) is 0 Å². The lowest BCUT2D eigenvalue weighted by Gasteiger charge is -2.32. The summed E-state index contributed by atoms with van der Waals surface area (Å²) in [6.45, 7) is 6.84. The van der Waals surface area contributed by atoms with Gasteiger partial charge in [-0.05, 0) is 36.3 Å². The Bertz CT molecular complexity index is 677. The number of likely N-dealkylation sites (N-methyl/N-ethyl adjacent to an activating group) is 1. The van der Waals surface area contributed by atoms with Gasteiger partial charge in [0.15, 0.2) is 5.96 Å². The fourth-order valence-electron chi connectivity index (χ4n) is 3.91. The molecule has 1 aromatic carbocycles. The molecule has 2 unspecified atom stereocenters. The molecule has 1 saturated heterocycles. The monoisotopic (exact) mass is 385 g/mol. The van der Waals surface area contributed by atoms with Gasteiger partial charge in [0.05, 0.1) is 6.54 Å². The Kier molecular flexibility index (Phi) is 6.94. The number of nitrogens with one attached hydrogen (secondary N) is 3. The first-order chi connectivity index (χ1) is 13.5. The highest BCUT2D eigenvalue weighted by atomic mass is 16.1. The second kappa shape index (κ2) is 9.41. The highest BCUT2D eigenvalue weighted by molar-refractivity contribution is 5.81. The number of hydrogen-bond acceptors (Lipinski definition) is 3. The number of carbonyl (C=O) groups excluding carboxylic acids is 1. The van der Waals surface area contributed by atoms with E-state index in [1.165, 1.54) is 11.1 Å². The summed E-state index contributed by atoms with van der Waals surface area (Å²) in [5, 5.41) is 9.85. The minimum atomic E-state index is 0.0880. The lowest BCUT2D eigenvalue weighted by molar-refractivity contribution is -0.122. The topological polar surface area (TPSA) is 68.8 Å². The van der Waals surface area contributed by atoms with Crippen molar-refractivity contribution in [2.24, 2.45) is 4.99 Å². The minimum absolute atomic E-state index is 0.0880. The van der Waals surface area contributed by atoms with E-state index in [1.54, 1.807) is 7.05 Å². The van der Waals surface area contributed by atoms with Crippen LogP contribution in [0.1, 0.15) is 56.1 Å². The fourth-order valence-corrected chi connectivity index (χ4v) is 3.91. The summed E-state index contributed by atoms with van der Waals surface area (Å²) in [6, 6.07) is 9.95. The SMILES string of the molecule is CN=C(NC1CCN(CC(=O)NC)CC1)NC1CC1c1ccc(C(C)C)cc1. The van der Waals surface area contributed by atoms with Crippen molar-refractivity contribution >= 4 is 11.9 Å². The van der Waals surface area contributed by atoms with Crippen LogP contribution in [-0.2, 0) is 4.79 Å². The first kappa shape index (κ1) is 20.6. The molecule has 1 heterocycles. The van der Waals surface area contributed by atoms with Crippen LogP contribution in [0.25, 0.3) is 0 Å². The highest BCUT2D eigenvalue weighted by Gasteiger charge is 2.39. The van der Waals surface area contributed by atoms with Crippen molar-refractivity contribution in [3.05, 3.63) is 35.4 Å². The molecule has 0 spiro atoms. The molecule has 28 heavy (non-hydrogen) atoms. The third-order valence-electron chi connectivity index (χ3n) is 5.94. The maximum atomic E-state index is 11.5. The van der Waals surface area contributed by atoms with Crippen molar-refractivity contribution in [2.45, 2.75) is 57.0 Å². The average molecular weight is 386 g/mol. The molecule has 2 fully saturated rings. The third kappa shape index (κ3) is 5.47. The number of rotatable bonds is 6. The Morgan fingerprint density at radius 2 is 1.86 bits per heavy atom. The zero-order chi connectivity index (χ0) is 20.1. The smallest absolute Gasteiger partial charge is 0.233 e. The number of piperidine rings is 1. The van der Waals surface area contributed by atoms with E-state index in [4.69, 9.17) is 0 Å². The molecule has 1 aromatic rings. The summed E-state index contributed by atoms with van der Waals surface area (Å²) in [5.41, 5.74) is 2.81. The van der Waals surface area contributed by atoms with Crippen molar-refractivity contribution in [3.8, 4) is 0 Å². The van der Waals surface area contributed by atoms with Crippen LogP contribution in [0.15, 0.2) is 29.3 Å². The number of hydrogen-bond donors (Lipinski definition) is 3. The summed E-state index contributed by atoms with van der Waals surface area (Å²) in [6.07, 6.45) is 3.22. The van der Waals surface area contributed by atoms with Crippen molar-refractivity contribution < 1.29 is 4.79 Å². The molecule has 3 rings (SSSR count). The largest absolute Gasteiger partial charge is 0.358 e. The summed E-state index contributed by atoms with van der Waals surface area (Å²) in [4.78, 5) is 18.2. The van der Waals surface area contributed by atoms with E-state index in [2.05, 4.69) is 64.0 Å². The van der Waals surface area contributed by atoms with Crippen LogP contribution in [0.4, 0.5) is 0 Å². The van der Waals surface area contributed by atoms with Gasteiger partial charge in [-0.2, -0.15) is 0 Å². The first-order valence-electron chi connectivity index (χ1n) is 10.5. The second-order valence-corrected chi connectivity index (χ2v) is 8.35. The van der Waals surface area contributed by atoms with E-state index in [1.807, 2.05) is 7.05 Å². The van der Waals surface area contributed by atoms with Crippen LogP contribution in [0.5, 0.6) is 0 Å². The zero-order valence-corrected chi connectivity index (χ0v) is 17.7. The zero-order valence-electron chi connectivity index (χ0n) is 17.7. The fraction of sp³-hybridized carbons (Fsp3) is 0.636. The standard InChI is InChI=1S/C22H35N5O/c1-15(2)16-5-7-17(8-6-16)19-13-20(19)26-22(24-4)25-18-9-11-27(12-10-18)14-21(28)23-3/h5-8,15,18-20H,9-14H2,1-4H3,(H,23,28)(H2,24,25,26). The molecule has 2 atom stereocenters. The van der Waals surface area contributed by atoms with Crippen LogP contribution in [-0.4, -0.2) is 62.6 Å². The van der Waals surface area contributed by atoms with Crippen LogP contribution < -0.4 is 16.0 Å². The number of nitrogens with zero attached hydrogens (tertiary/aromatic N) is 2. The summed E-state index contributed by atoms with van der Waals surface area (Å²) < 4.78 is 0. The molecule has 1 aliphatic carbocycles. The van der Waals surface area contributed by atoms with E-state index in [9.17, 15) is 4.79 Å². The molecule has 154 valence electrons.